The average molecular weight is 264 g/mol. The lowest BCUT2D eigenvalue weighted by molar-refractivity contribution is -0.143. The highest BCUT2D eigenvalue weighted by Gasteiger charge is 2.22. The van der Waals surface area contributed by atoms with Crippen molar-refractivity contribution in [1.82, 2.24) is 5.32 Å². The molecule has 0 aliphatic rings. The summed E-state index contributed by atoms with van der Waals surface area (Å²) in [4.78, 5) is 33.3. The lowest BCUT2D eigenvalue weighted by atomic mass is 10.1. The van der Waals surface area contributed by atoms with Crippen LogP contribution in [0.3, 0.4) is 0 Å². The molecule has 0 unspecified atom stereocenters. The zero-order valence-electron chi connectivity index (χ0n) is 10.6. The number of benzene rings is 1. The van der Waals surface area contributed by atoms with Crippen molar-refractivity contribution in [1.29, 1.82) is 0 Å². The summed E-state index contributed by atoms with van der Waals surface area (Å²) in [5.41, 5.74) is 6.68. The van der Waals surface area contributed by atoms with Gasteiger partial charge in [0.05, 0.1) is 12.8 Å². The number of hydrogen-bond donors (Lipinski definition) is 3. The molecule has 2 amide bonds. The predicted molar refractivity (Wildman–Crippen MR) is 68.3 cm³/mol. The highest BCUT2D eigenvalue weighted by atomic mass is 16.4. The highest BCUT2D eigenvalue weighted by Crippen LogP contribution is 2.07. The van der Waals surface area contributed by atoms with E-state index in [9.17, 15) is 14.4 Å². The van der Waals surface area contributed by atoms with E-state index in [0.717, 1.165) is 11.1 Å². The number of hydrogen-bond acceptors (Lipinski definition) is 3. The first kappa shape index (κ1) is 14.7. The summed E-state index contributed by atoms with van der Waals surface area (Å²) in [6, 6.07) is 6.02. The first-order chi connectivity index (χ1) is 8.90. The van der Waals surface area contributed by atoms with Gasteiger partial charge in [0.15, 0.2) is 0 Å². The Balaban J connectivity index is 2.65. The number of carboxylic acid groups (broad SMARTS) is 1. The monoisotopic (exact) mass is 264 g/mol. The lowest BCUT2D eigenvalue weighted by Crippen LogP contribution is -2.43. The highest BCUT2D eigenvalue weighted by molar-refractivity contribution is 5.88. The molecule has 1 rings (SSSR count). The smallest absolute Gasteiger partial charge is 0.326 e. The van der Waals surface area contributed by atoms with Crippen molar-refractivity contribution in [3.05, 3.63) is 35.4 Å². The van der Waals surface area contributed by atoms with E-state index in [1.807, 2.05) is 19.1 Å². The predicted octanol–water partition coefficient (Wildman–Crippen LogP) is -0.0177. The third kappa shape index (κ3) is 4.79. The van der Waals surface area contributed by atoms with Gasteiger partial charge in [-0.3, -0.25) is 9.59 Å². The molecule has 0 saturated heterocycles. The Morgan fingerprint density at radius 3 is 2.47 bits per heavy atom. The number of carbonyl (C=O) groups is 3. The Labute approximate surface area is 110 Å². The SMILES string of the molecule is Cc1ccccc1CC(=O)N[C@H](CC(N)=O)C(=O)O. The average Bonchev–Trinajstić information content (AvgIpc) is 2.30. The number of nitrogens with two attached hydrogens (primary N) is 1. The fourth-order valence-electron chi connectivity index (χ4n) is 1.63. The van der Waals surface area contributed by atoms with E-state index in [2.05, 4.69) is 5.32 Å². The summed E-state index contributed by atoms with van der Waals surface area (Å²) in [5.74, 6) is -2.51. The largest absolute Gasteiger partial charge is 0.480 e. The van der Waals surface area contributed by atoms with Gasteiger partial charge in [0.1, 0.15) is 6.04 Å². The molecule has 0 saturated carbocycles. The molecule has 19 heavy (non-hydrogen) atoms. The van der Waals surface area contributed by atoms with Crippen LogP contribution in [0, 0.1) is 6.92 Å². The van der Waals surface area contributed by atoms with E-state index in [4.69, 9.17) is 10.8 Å². The maximum absolute atomic E-state index is 11.7. The van der Waals surface area contributed by atoms with E-state index in [0.29, 0.717) is 0 Å². The van der Waals surface area contributed by atoms with Gasteiger partial charge < -0.3 is 16.2 Å². The van der Waals surface area contributed by atoms with E-state index in [1.165, 1.54) is 0 Å². The van der Waals surface area contributed by atoms with Crippen LogP contribution in [0.1, 0.15) is 17.5 Å². The van der Waals surface area contributed by atoms with Crippen LogP contribution < -0.4 is 11.1 Å². The van der Waals surface area contributed by atoms with Gasteiger partial charge in [-0.2, -0.15) is 0 Å². The Kier molecular flexibility index (Phi) is 5.05. The van der Waals surface area contributed by atoms with Crippen molar-refractivity contribution < 1.29 is 19.5 Å². The fourth-order valence-corrected chi connectivity index (χ4v) is 1.63. The zero-order valence-corrected chi connectivity index (χ0v) is 10.6. The van der Waals surface area contributed by atoms with Crippen molar-refractivity contribution in [3.63, 3.8) is 0 Å². The van der Waals surface area contributed by atoms with Gasteiger partial charge in [-0.1, -0.05) is 24.3 Å². The molecule has 102 valence electrons. The molecule has 6 heteroatoms. The van der Waals surface area contributed by atoms with Crippen LogP contribution in [-0.2, 0) is 20.8 Å². The molecular weight excluding hydrogens is 248 g/mol. The van der Waals surface area contributed by atoms with E-state index < -0.39 is 30.2 Å². The molecule has 6 nitrogen and oxygen atoms in total. The second kappa shape index (κ2) is 6.53. The molecule has 1 aromatic rings. The zero-order chi connectivity index (χ0) is 14.4. The number of aryl methyl sites for hydroxylation is 1. The minimum atomic E-state index is -1.28. The van der Waals surface area contributed by atoms with Crippen LogP contribution in [0.25, 0.3) is 0 Å². The van der Waals surface area contributed by atoms with Crippen LogP contribution in [0.5, 0.6) is 0 Å². The van der Waals surface area contributed by atoms with Gasteiger partial charge in [0, 0.05) is 0 Å². The van der Waals surface area contributed by atoms with Crippen molar-refractivity contribution in [2.75, 3.05) is 0 Å². The summed E-state index contributed by atoms with van der Waals surface area (Å²) in [6.07, 6.45) is -0.357. The van der Waals surface area contributed by atoms with Crippen molar-refractivity contribution in [2.45, 2.75) is 25.8 Å². The first-order valence-corrected chi connectivity index (χ1v) is 5.75. The Morgan fingerprint density at radius 2 is 1.95 bits per heavy atom. The summed E-state index contributed by atoms with van der Waals surface area (Å²) in [7, 11) is 0. The molecule has 0 spiro atoms. The van der Waals surface area contributed by atoms with Crippen LogP contribution in [-0.4, -0.2) is 28.9 Å². The van der Waals surface area contributed by atoms with Gasteiger partial charge in [0.25, 0.3) is 0 Å². The minimum Gasteiger partial charge on any atom is -0.480 e. The van der Waals surface area contributed by atoms with Gasteiger partial charge in [-0.15, -0.1) is 0 Å². The molecular formula is C13H16N2O4. The number of aliphatic carboxylic acids is 1. The van der Waals surface area contributed by atoms with Gasteiger partial charge >= 0.3 is 5.97 Å². The van der Waals surface area contributed by atoms with Crippen molar-refractivity contribution in [2.24, 2.45) is 5.73 Å². The molecule has 1 atom stereocenters. The molecule has 0 aliphatic carbocycles. The summed E-state index contributed by atoms with van der Waals surface area (Å²) in [6.45, 7) is 1.86. The first-order valence-electron chi connectivity index (χ1n) is 5.75. The lowest BCUT2D eigenvalue weighted by Gasteiger charge is -2.13. The number of primary amides is 1. The molecule has 0 aromatic heterocycles. The molecule has 0 heterocycles. The van der Waals surface area contributed by atoms with Crippen LogP contribution in [0.4, 0.5) is 0 Å². The van der Waals surface area contributed by atoms with Crippen molar-refractivity contribution in [3.8, 4) is 0 Å². The number of carbonyl (C=O) groups excluding carboxylic acids is 2. The topological polar surface area (TPSA) is 109 Å². The Hall–Kier alpha value is -2.37. The molecule has 0 fully saturated rings. The summed E-state index contributed by atoms with van der Waals surface area (Å²) in [5, 5.41) is 11.2. The van der Waals surface area contributed by atoms with E-state index in [1.54, 1.807) is 12.1 Å². The maximum atomic E-state index is 11.7. The van der Waals surface area contributed by atoms with Crippen molar-refractivity contribution >= 4 is 17.8 Å². The van der Waals surface area contributed by atoms with Gasteiger partial charge in [-0.25, -0.2) is 4.79 Å². The van der Waals surface area contributed by atoms with E-state index in [-0.39, 0.29) is 6.42 Å². The molecule has 1 aromatic carbocycles. The third-order valence-electron chi connectivity index (χ3n) is 2.65. The normalized spacial score (nSPS) is 11.6. The second-order valence-electron chi connectivity index (χ2n) is 4.23. The van der Waals surface area contributed by atoms with Gasteiger partial charge in [-0.05, 0) is 18.1 Å². The second-order valence-corrected chi connectivity index (χ2v) is 4.23. The summed E-state index contributed by atoms with van der Waals surface area (Å²) >= 11 is 0. The number of carboxylic acids is 1. The summed E-state index contributed by atoms with van der Waals surface area (Å²) < 4.78 is 0. The standard InChI is InChI=1S/C13H16N2O4/c1-8-4-2-3-5-9(8)6-12(17)15-10(13(18)19)7-11(14)16/h2-5,10H,6-7H2,1H3,(H2,14,16)(H,15,17)(H,18,19)/t10-/m1/s1. The molecule has 0 bridgehead atoms. The van der Waals surface area contributed by atoms with Crippen LogP contribution >= 0.6 is 0 Å². The number of nitrogens with one attached hydrogen (secondary N) is 1. The number of rotatable bonds is 6. The Morgan fingerprint density at radius 1 is 1.32 bits per heavy atom. The van der Waals surface area contributed by atoms with Gasteiger partial charge in [0.2, 0.25) is 11.8 Å². The number of amides is 2. The molecule has 4 N–H and O–H groups in total. The maximum Gasteiger partial charge on any atom is 0.326 e. The van der Waals surface area contributed by atoms with E-state index >= 15 is 0 Å². The Bertz CT molecular complexity index is 499. The third-order valence-corrected chi connectivity index (χ3v) is 2.65. The van der Waals surface area contributed by atoms with Crippen LogP contribution in [0.15, 0.2) is 24.3 Å². The molecule has 0 aliphatic heterocycles. The fraction of sp³-hybridized carbons (Fsp3) is 0.308. The van der Waals surface area contributed by atoms with Crippen LogP contribution in [0.2, 0.25) is 0 Å². The quantitative estimate of drug-likeness (QED) is 0.670. The molecule has 0 radical (unpaired) electrons. The minimum absolute atomic E-state index is 0.0647.